The van der Waals surface area contributed by atoms with Crippen LogP contribution in [0.5, 0.6) is 0 Å². The number of nitrogens with one attached hydrogen (secondary N) is 1. The second-order valence-corrected chi connectivity index (χ2v) is 8.04. The first-order valence-electron chi connectivity index (χ1n) is 9.68. The van der Waals surface area contributed by atoms with Crippen LogP contribution in [0.15, 0.2) is 48.5 Å². The Hall–Kier alpha value is -2.31. The Morgan fingerprint density at radius 2 is 1.46 bits per heavy atom. The minimum Gasteiger partial charge on any atom is -0.360 e. The minimum atomic E-state index is -0.276. The minimum absolute atomic E-state index is 0.267. The molecule has 0 radical (unpaired) electrons. The molecule has 0 unspecified atom stereocenters. The Kier molecular flexibility index (Phi) is 5.98. The fourth-order valence-corrected chi connectivity index (χ4v) is 4.52. The molecule has 1 aromatic heterocycles. The summed E-state index contributed by atoms with van der Waals surface area (Å²) in [6, 6.07) is 12.8. The number of hydrogen-bond acceptors (Lipinski definition) is 4. The van der Waals surface area contributed by atoms with Crippen molar-refractivity contribution in [3.05, 3.63) is 60.2 Å². The highest BCUT2D eigenvalue weighted by Gasteiger charge is 2.16. The number of halogens is 2. The summed E-state index contributed by atoms with van der Waals surface area (Å²) >= 11 is 1.55. The molecule has 0 bridgehead atoms. The Bertz CT molecular complexity index is 838. The molecule has 0 saturated carbocycles. The second kappa shape index (κ2) is 8.80. The predicted octanol–water partition coefficient (Wildman–Crippen LogP) is 5.65. The van der Waals surface area contributed by atoms with Gasteiger partial charge in [-0.05, 0) is 67.9 Å². The number of piperidine rings is 1. The average molecular weight is 400 g/mol. The highest BCUT2D eigenvalue weighted by Crippen LogP contribution is 2.39. The van der Waals surface area contributed by atoms with Gasteiger partial charge in [0.15, 0.2) is 5.13 Å². The summed E-state index contributed by atoms with van der Waals surface area (Å²) in [5.74, 6) is -0.543. The molecular formula is C22H23F2N3S. The molecular weight excluding hydrogens is 376 g/mol. The zero-order valence-corrected chi connectivity index (χ0v) is 16.4. The molecule has 1 aliphatic rings. The summed E-state index contributed by atoms with van der Waals surface area (Å²) in [7, 11) is 0. The van der Waals surface area contributed by atoms with E-state index in [0.29, 0.717) is 0 Å². The van der Waals surface area contributed by atoms with E-state index in [9.17, 15) is 8.78 Å². The number of aromatic nitrogens is 1. The van der Waals surface area contributed by atoms with Crippen molar-refractivity contribution in [3.63, 3.8) is 0 Å². The quantitative estimate of drug-likeness (QED) is 0.580. The van der Waals surface area contributed by atoms with Crippen LogP contribution < -0.4 is 5.32 Å². The summed E-state index contributed by atoms with van der Waals surface area (Å²) in [5, 5.41) is 4.26. The molecule has 1 fully saturated rings. The van der Waals surface area contributed by atoms with E-state index in [4.69, 9.17) is 4.98 Å². The molecule has 1 saturated heterocycles. The van der Waals surface area contributed by atoms with Crippen molar-refractivity contribution >= 4 is 16.5 Å². The number of likely N-dealkylation sites (tertiary alicyclic amines) is 1. The first kappa shape index (κ1) is 19.0. The Morgan fingerprint density at radius 1 is 0.857 bits per heavy atom. The fourth-order valence-electron chi connectivity index (χ4n) is 3.50. The van der Waals surface area contributed by atoms with Crippen LogP contribution in [-0.2, 0) is 0 Å². The lowest BCUT2D eigenvalue weighted by atomic mass is 10.1. The van der Waals surface area contributed by atoms with Crippen molar-refractivity contribution in [1.29, 1.82) is 0 Å². The smallest absolute Gasteiger partial charge is 0.183 e. The van der Waals surface area contributed by atoms with Crippen LogP contribution in [0.2, 0.25) is 0 Å². The van der Waals surface area contributed by atoms with E-state index in [1.54, 1.807) is 35.6 Å². The van der Waals surface area contributed by atoms with Gasteiger partial charge in [0.25, 0.3) is 0 Å². The third-order valence-corrected chi connectivity index (χ3v) is 6.07. The third-order valence-electron chi connectivity index (χ3n) is 5.00. The van der Waals surface area contributed by atoms with Crippen molar-refractivity contribution < 1.29 is 8.78 Å². The first-order valence-corrected chi connectivity index (χ1v) is 10.5. The van der Waals surface area contributed by atoms with E-state index in [1.165, 1.54) is 56.6 Å². The zero-order chi connectivity index (χ0) is 19.3. The van der Waals surface area contributed by atoms with Gasteiger partial charge in [0.1, 0.15) is 11.6 Å². The van der Waals surface area contributed by atoms with Gasteiger partial charge in [-0.1, -0.05) is 29.9 Å². The van der Waals surface area contributed by atoms with Gasteiger partial charge < -0.3 is 10.2 Å². The highest BCUT2D eigenvalue weighted by molar-refractivity contribution is 7.19. The Labute approximate surface area is 168 Å². The maximum atomic E-state index is 13.3. The molecule has 0 atom stereocenters. The molecule has 1 N–H and O–H groups in total. The third kappa shape index (κ3) is 4.56. The number of benzene rings is 2. The van der Waals surface area contributed by atoms with E-state index in [0.717, 1.165) is 39.9 Å². The van der Waals surface area contributed by atoms with Gasteiger partial charge in [0.2, 0.25) is 0 Å². The van der Waals surface area contributed by atoms with Crippen LogP contribution in [0.25, 0.3) is 21.7 Å². The van der Waals surface area contributed by atoms with Crippen molar-refractivity contribution in [2.75, 3.05) is 31.5 Å². The van der Waals surface area contributed by atoms with Gasteiger partial charge in [-0.2, -0.15) is 0 Å². The van der Waals surface area contributed by atoms with Gasteiger partial charge in [-0.25, -0.2) is 13.8 Å². The lowest BCUT2D eigenvalue weighted by Crippen LogP contribution is -2.33. The molecule has 2 heterocycles. The summed E-state index contributed by atoms with van der Waals surface area (Å²) < 4.78 is 26.7. The number of nitrogens with zero attached hydrogens (tertiary/aromatic N) is 2. The van der Waals surface area contributed by atoms with Crippen molar-refractivity contribution in [2.45, 2.75) is 19.3 Å². The predicted molar refractivity (Wildman–Crippen MR) is 112 cm³/mol. The first-order chi connectivity index (χ1) is 13.7. The van der Waals surface area contributed by atoms with E-state index >= 15 is 0 Å². The van der Waals surface area contributed by atoms with Crippen LogP contribution in [0.1, 0.15) is 19.3 Å². The molecule has 6 heteroatoms. The van der Waals surface area contributed by atoms with Crippen molar-refractivity contribution in [2.24, 2.45) is 0 Å². The molecule has 3 aromatic rings. The standard InChI is InChI=1S/C22H23F2N3S/c23-18-8-4-16(5-9-18)20-21(17-6-10-19(24)11-7-17)28-22(26-20)25-12-15-27-13-2-1-3-14-27/h4-11H,1-3,12-15H2,(H,25,26). The summed E-state index contributed by atoms with van der Waals surface area (Å²) in [5.41, 5.74) is 2.54. The Morgan fingerprint density at radius 3 is 2.11 bits per heavy atom. The fraction of sp³-hybridized carbons (Fsp3) is 0.318. The summed E-state index contributed by atoms with van der Waals surface area (Å²) in [4.78, 5) is 8.19. The molecule has 0 amide bonds. The average Bonchev–Trinajstić information content (AvgIpc) is 3.14. The van der Waals surface area contributed by atoms with Crippen LogP contribution >= 0.6 is 11.3 Å². The molecule has 0 spiro atoms. The van der Waals surface area contributed by atoms with Crippen LogP contribution in [0, 0.1) is 11.6 Å². The molecule has 3 nitrogen and oxygen atoms in total. The molecule has 28 heavy (non-hydrogen) atoms. The van der Waals surface area contributed by atoms with Crippen LogP contribution in [0.4, 0.5) is 13.9 Å². The SMILES string of the molecule is Fc1ccc(-c2nc(NCCN3CCCCC3)sc2-c2ccc(F)cc2)cc1. The molecule has 2 aromatic carbocycles. The summed E-state index contributed by atoms with van der Waals surface area (Å²) in [6.45, 7) is 4.17. The van der Waals surface area contributed by atoms with Gasteiger partial charge in [-0.3, -0.25) is 0 Å². The lowest BCUT2D eigenvalue weighted by molar-refractivity contribution is 0.237. The number of hydrogen-bond donors (Lipinski definition) is 1. The van der Waals surface area contributed by atoms with Gasteiger partial charge >= 0.3 is 0 Å². The second-order valence-electron chi connectivity index (χ2n) is 7.04. The van der Waals surface area contributed by atoms with Gasteiger partial charge in [-0.15, -0.1) is 0 Å². The lowest BCUT2D eigenvalue weighted by Gasteiger charge is -2.26. The maximum Gasteiger partial charge on any atom is 0.183 e. The van der Waals surface area contributed by atoms with Crippen molar-refractivity contribution in [3.8, 4) is 21.7 Å². The monoisotopic (exact) mass is 399 g/mol. The van der Waals surface area contributed by atoms with Gasteiger partial charge in [0.05, 0.1) is 10.6 Å². The Balaban J connectivity index is 1.56. The molecule has 1 aliphatic heterocycles. The number of thiazole rings is 1. The molecule has 146 valence electrons. The van der Waals surface area contributed by atoms with E-state index in [1.807, 2.05) is 0 Å². The molecule has 0 aliphatic carbocycles. The van der Waals surface area contributed by atoms with Crippen LogP contribution in [-0.4, -0.2) is 36.1 Å². The largest absolute Gasteiger partial charge is 0.360 e. The van der Waals surface area contributed by atoms with E-state index in [2.05, 4.69) is 10.2 Å². The topological polar surface area (TPSA) is 28.2 Å². The van der Waals surface area contributed by atoms with Crippen LogP contribution in [0.3, 0.4) is 0 Å². The van der Waals surface area contributed by atoms with E-state index < -0.39 is 0 Å². The number of rotatable bonds is 6. The number of anilines is 1. The zero-order valence-electron chi connectivity index (χ0n) is 15.6. The van der Waals surface area contributed by atoms with Crippen molar-refractivity contribution in [1.82, 2.24) is 9.88 Å². The maximum absolute atomic E-state index is 13.3. The normalized spacial score (nSPS) is 14.9. The van der Waals surface area contributed by atoms with E-state index in [-0.39, 0.29) is 11.6 Å². The summed E-state index contributed by atoms with van der Waals surface area (Å²) in [6.07, 6.45) is 3.89. The highest BCUT2D eigenvalue weighted by atomic mass is 32.1. The van der Waals surface area contributed by atoms with Gasteiger partial charge in [0, 0.05) is 18.7 Å². The molecule has 4 rings (SSSR count).